The fourth-order valence-corrected chi connectivity index (χ4v) is 4.22. The molecule has 1 aliphatic heterocycles. The molecule has 1 rings (SSSR count). The van der Waals surface area contributed by atoms with Crippen molar-refractivity contribution in [3.05, 3.63) is 0 Å². The monoisotopic (exact) mass is 379 g/mol. The molecular weight excluding hydrogens is 344 g/mol. The number of nitrogens with zero attached hydrogens (tertiary/aromatic N) is 1. The van der Waals surface area contributed by atoms with E-state index < -0.39 is 34.7 Å². The Balaban J connectivity index is 2.90. The molecule has 1 unspecified atom stereocenters. The summed E-state index contributed by atoms with van der Waals surface area (Å²) >= 11 is 0. The van der Waals surface area contributed by atoms with Gasteiger partial charge in [-0.05, 0) is 36.3 Å². The lowest BCUT2D eigenvalue weighted by molar-refractivity contribution is -0.0469. The van der Waals surface area contributed by atoms with Crippen LogP contribution in [0.25, 0.3) is 0 Å². The lowest BCUT2D eigenvalue weighted by Crippen LogP contribution is -2.53. The van der Waals surface area contributed by atoms with Gasteiger partial charge in [-0.3, -0.25) is 4.99 Å². The number of hydrogen-bond acceptors (Lipinski definition) is 3. The Morgan fingerprint density at radius 2 is 1.42 bits per heavy atom. The molecular formula is C17H35F2NO2Si2. The van der Waals surface area contributed by atoms with Gasteiger partial charge in [-0.2, -0.15) is 8.78 Å². The molecule has 0 radical (unpaired) electrons. The van der Waals surface area contributed by atoms with Crippen molar-refractivity contribution in [2.45, 2.75) is 95.9 Å². The first kappa shape index (κ1) is 21.9. The molecule has 0 saturated heterocycles. The van der Waals surface area contributed by atoms with Gasteiger partial charge < -0.3 is 8.85 Å². The molecule has 0 aromatic heterocycles. The van der Waals surface area contributed by atoms with E-state index in [1.54, 1.807) is 0 Å². The Morgan fingerprint density at radius 1 is 0.958 bits per heavy atom. The van der Waals surface area contributed by atoms with E-state index >= 15 is 0 Å². The summed E-state index contributed by atoms with van der Waals surface area (Å²) in [6.45, 7) is 21.0. The SMILES string of the molecule is CC(C)(C)[Si](C)(C)OC[C@H]1N=CC(F)(F)C1O[Si](C)(C)C(C)(C)C. The van der Waals surface area contributed by atoms with Crippen LogP contribution in [0.5, 0.6) is 0 Å². The second kappa shape index (κ2) is 6.56. The number of halogens is 2. The van der Waals surface area contributed by atoms with Crippen LogP contribution in [0, 0.1) is 0 Å². The van der Waals surface area contributed by atoms with Crippen LogP contribution in [0.1, 0.15) is 41.5 Å². The quantitative estimate of drug-likeness (QED) is 0.592. The van der Waals surface area contributed by atoms with Crippen LogP contribution in [0.3, 0.4) is 0 Å². The van der Waals surface area contributed by atoms with E-state index in [0.29, 0.717) is 0 Å². The highest BCUT2D eigenvalue weighted by molar-refractivity contribution is 6.74. The van der Waals surface area contributed by atoms with Gasteiger partial charge in [0, 0.05) is 0 Å². The maximum Gasteiger partial charge on any atom is 0.309 e. The predicted octanol–water partition coefficient (Wildman–Crippen LogP) is 5.49. The highest BCUT2D eigenvalue weighted by atomic mass is 28.4. The van der Waals surface area contributed by atoms with Crippen molar-refractivity contribution in [2.24, 2.45) is 4.99 Å². The molecule has 2 atom stereocenters. The normalized spacial score (nSPS) is 25.3. The van der Waals surface area contributed by atoms with E-state index in [9.17, 15) is 8.78 Å². The molecule has 0 aromatic rings. The predicted molar refractivity (Wildman–Crippen MR) is 102 cm³/mol. The third-order valence-electron chi connectivity index (χ3n) is 5.82. The molecule has 0 bridgehead atoms. The maximum atomic E-state index is 14.3. The second-order valence-electron chi connectivity index (χ2n) is 9.89. The molecule has 0 spiro atoms. The van der Waals surface area contributed by atoms with Crippen molar-refractivity contribution >= 4 is 22.8 Å². The van der Waals surface area contributed by atoms with E-state index in [2.05, 4.69) is 38.9 Å². The minimum atomic E-state index is -3.03. The van der Waals surface area contributed by atoms with Crippen molar-refractivity contribution in [2.75, 3.05) is 6.61 Å². The van der Waals surface area contributed by atoms with Crippen LogP contribution in [0.2, 0.25) is 36.3 Å². The fraction of sp³-hybridized carbons (Fsp3) is 0.941. The molecule has 0 aromatic carbocycles. The third-order valence-corrected chi connectivity index (χ3v) is 14.8. The first-order valence-electron chi connectivity index (χ1n) is 8.65. The summed E-state index contributed by atoms with van der Waals surface area (Å²) in [5.74, 6) is -3.03. The third kappa shape index (κ3) is 4.74. The summed E-state index contributed by atoms with van der Waals surface area (Å²) in [6, 6.07) is -0.636. The molecule has 0 saturated carbocycles. The zero-order valence-corrected chi connectivity index (χ0v) is 19.0. The molecule has 7 heteroatoms. The summed E-state index contributed by atoms with van der Waals surface area (Å²) < 4.78 is 40.8. The molecule has 0 amide bonds. The van der Waals surface area contributed by atoms with E-state index in [-0.39, 0.29) is 16.7 Å². The smallest absolute Gasteiger partial charge is 0.309 e. The van der Waals surface area contributed by atoms with Gasteiger partial charge in [0.25, 0.3) is 0 Å². The van der Waals surface area contributed by atoms with Crippen LogP contribution in [-0.2, 0) is 8.85 Å². The highest BCUT2D eigenvalue weighted by Gasteiger charge is 2.53. The molecule has 0 N–H and O–H groups in total. The Morgan fingerprint density at radius 3 is 1.83 bits per heavy atom. The minimum Gasteiger partial charge on any atom is -0.415 e. The van der Waals surface area contributed by atoms with Gasteiger partial charge in [0.2, 0.25) is 0 Å². The topological polar surface area (TPSA) is 30.8 Å². The summed E-state index contributed by atoms with van der Waals surface area (Å²) in [5.41, 5.74) is 0. The van der Waals surface area contributed by atoms with Crippen LogP contribution in [0.4, 0.5) is 8.78 Å². The largest absolute Gasteiger partial charge is 0.415 e. The summed E-state index contributed by atoms with van der Waals surface area (Å²) in [5, 5.41) is -0.0931. The van der Waals surface area contributed by atoms with E-state index in [1.165, 1.54) is 0 Å². The standard InChI is InChI=1S/C17H35F2NO2Si2/c1-15(2,3)23(7,8)21-11-13-14(17(18,19)12-20-13)22-24(9,10)16(4,5)6/h12-14H,11H2,1-10H3/t13-,14?/m1/s1. The first-order chi connectivity index (χ1) is 10.4. The average molecular weight is 380 g/mol. The van der Waals surface area contributed by atoms with E-state index in [4.69, 9.17) is 8.85 Å². The van der Waals surface area contributed by atoms with Gasteiger partial charge in [0.1, 0.15) is 12.1 Å². The van der Waals surface area contributed by atoms with Crippen LogP contribution in [0.15, 0.2) is 4.99 Å². The molecule has 1 aliphatic rings. The number of rotatable bonds is 5. The molecule has 0 aliphatic carbocycles. The average Bonchev–Trinajstić information content (AvgIpc) is 2.60. The van der Waals surface area contributed by atoms with Gasteiger partial charge in [-0.25, -0.2) is 0 Å². The number of hydrogen-bond donors (Lipinski definition) is 0. The van der Waals surface area contributed by atoms with Crippen molar-refractivity contribution in [3.63, 3.8) is 0 Å². The zero-order valence-electron chi connectivity index (χ0n) is 17.0. The van der Waals surface area contributed by atoms with Crippen LogP contribution < -0.4 is 0 Å². The Kier molecular flexibility index (Phi) is 5.99. The molecule has 0 fully saturated rings. The summed E-state index contributed by atoms with van der Waals surface area (Å²) in [4.78, 5) is 4.04. The van der Waals surface area contributed by atoms with Crippen LogP contribution >= 0.6 is 0 Å². The molecule has 3 nitrogen and oxygen atoms in total. The first-order valence-corrected chi connectivity index (χ1v) is 14.5. The molecule has 1 heterocycles. The summed E-state index contributed by atoms with van der Waals surface area (Å²) in [7, 11) is -4.32. The molecule has 142 valence electrons. The van der Waals surface area contributed by atoms with Gasteiger partial charge >= 0.3 is 5.92 Å². The lowest BCUT2D eigenvalue weighted by Gasteiger charge is -2.41. The Hall–Kier alpha value is -0.116. The maximum absolute atomic E-state index is 14.3. The summed E-state index contributed by atoms with van der Waals surface area (Å²) in [6.07, 6.45) is -0.465. The Bertz CT molecular complexity index is 480. The number of alkyl halides is 2. The van der Waals surface area contributed by atoms with E-state index in [1.807, 2.05) is 33.9 Å². The number of aliphatic imine (C=N–C) groups is 1. The minimum absolute atomic E-state index is 0.0353. The fourth-order valence-electron chi connectivity index (χ4n) is 1.90. The second-order valence-corrected chi connectivity index (χ2v) is 19.5. The van der Waals surface area contributed by atoms with Gasteiger partial charge in [-0.1, -0.05) is 41.5 Å². The lowest BCUT2D eigenvalue weighted by atomic mass is 10.1. The molecule has 24 heavy (non-hydrogen) atoms. The van der Waals surface area contributed by atoms with E-state index in [0.717, 1.165) is 6.21 Å². The van der Waals surface area contributed by atoms with Crippen molar-refractivity contribution < 1.29 is 17.6 Å². The van der Waals surface area contributed by atoms with Crippen LogP contribution in [-0.4, -0.2) is 47.5 Å². The van der Waals surface area contributed by atoms with Gasteiger partial charge in [0.15, 0.2) is 16.6 Å². The van der Waals surface area contributed by atoms with Crippen molar-refractivity contribution in [1.82, 2.24) is 0 Å². The van der Waals surface area contributed by atoms with Crippen molar-refractivity contribution in [1.29, 1.82) is 0 Å². The Labute approximate surface area is 148 Å². The van der Waals surface area contributed by atoms with Gasteiger partial charge in [-0.15, -0.1) is 0 Å². The zero-order chi connectivity index (χ0) is 19.2. The van der Waals surface area contributed by atoms with Crippen molar-refractivity contribution in [3.8, 4) is 0 Å². The van der Waals surface area contributed by atoms with Gasteiger partial charge in [0.05, 0.1) is 12.8 Å². The highest BCUT2D eigenvalue weighted by Crippen LogP contribution is 2.42.